The first-order valence-electron chi connectivity index (χ1n) is 15.0. The molecule has 7 atom stereocenters. The number of hydrogen-bond donors (Lipinski definition) is 1. The highest BCUT2D eigenvalue weighted by Gasteiger charge is 2.67. The Morgan fingerprint density at radius 3 is 2.33 bits per heavy atom. The molecule has 0 heterocycles. The molecule has 0 radical (unpaired) electrons. The predicted molar refractivity (Wildman–Crippen MR) is 156 cm³/mol. The molecule has 0 aromatic heterocycles. The van der Waals surface area contributed by atoms with E-state index in [0.717, 1.165) is 37.7 Å². The summed E-state index contributed by atoms with van der Waals surface area (Å²) in [6, 6.07) is 2.11. The molecule has 3 aliphatic rings. The van der Waals surface area contributed by atoms with Crippen molar-refractivity contribution in [3.05, 3.63) is 23.3 Å². The Balaban J connectivity index is 2.07. The van der Waals surface area contributed by atoms with Crippen LogP contribution in [-0.2, 0) is 19.1 Å². The number of esters is 1. The van der Waals surface area contributed by atoms with Crippen molar-refractivity contribution in [1.29, 1.82) is 5.26 Å². The fourth-order valence-corrected chi connectivity index (χ4v) is 7.92. The minimum absolute atomic E-state index is 0.0120. The summed E-state index contributed by atoms with van der Waals surface area (Å²) in [6.45, 7) is 20.4. The van der Waals surface area contributed by atoms with Crippen molar-refractivity contribution in [3.8, 4) is 6.07 Å². The summed E-state index contributed by atoms with van der Waals surface area (Å²) < 4.78 is 5.57. The van der Waals surface area contributed by atoms with Crippen LogP contribution >= 0.6 is 0 Å². The van der Waals surface area contributed by atoms with Crippen molar-refractivity contribution in [3.63, 3.8) is 0 Å². The molecule has 1 fully saturated rings. The summed E-state index contributed by atoms with van der Waals surface area (Å²) in [4.78, 5) is 38.4. The summed E-state index contributed by atoms with van der Waals surface area (Å²) in [5.41, 5.74) is -2.67. The number of ether oxygens (including phenoxy) is 1. The lowest BCUT2D eigenvalue weighted by atomic mass is 9.39. The molecule has 0 spiro atoms. The molecule has 0 amide bonds. The van der Waals surface area contributed by atoms with E-state index in [1.54, 1.807) is 19.1 Å². The number of carbonyl (C=O) groups excluding carboxylic acids is 3. The van der Waals surface area contributed by atoms with E-state index in [2.05, 4.69) is 47.6 Å². The molecule has 1 saturated carbocycles. The molecule has 6 heteroatoms. The third-order valence-electron chi connectivity index (χ3n) is 12.0. The number of rotatable bonds is 9. The lowest BCUT2D eigenvalue weighted by Crippen LogP contribution is -2.65. The Morgan fingerprint density at radius 1 is 1.15 bits per heavy atom. The Morgan fingerprint density at radius 2 is 1.77 bits per heavy atom. The van der Waals surface area contributed by atoms with Gasteiger partial charge in [-0.2, -0.15) is 5.26 Å². The number of hydrogen-bond acceptors (Lipinski definition) is 6. The summed E-state index contributed by atoms with van der Waals surface area (Å²) >= 11 is 0. The van der Waals surface area contributed by atoms with Crippen molar-refractivity contribution < 1.29 is 24.2 Å². The topological polar surface area (TPSA) is 104 Å². The van der Waals surface area contributed by atoms with Gasteiger partial charge in [0.25, 0.3) is 0 Å². The summed E-state index contributed by atoms with van der Waals surface area (Å²) in [5.74, 6) is -1.08. The normalized spacial score (nSPS) is 37.4. The smallest absolute Gasteiger partial charge is 0.302 e. The summed E-state index contributed by atoms with van der Waals surface area (Å²) in [5, 5.41) is 21.7. The first-order chi connectivity index (χ1) is 18.2. The van der Waals surface area contributed by atoms with Gasteiger partial charge < -0.3 is 9.84 Å². The number of aliphatic hydroxyl groups is 1. The highest BCUT2D eigenvalue weighted by molar-refractivity contribution is 6.03. The van der Waals surface area contributed by atoms with Gasteiger partial charge in [-0.15, -0.1) is 0 Å². The Kier molecular flexibility index (Phi) is 8.50. The molecule has 222 valence electrons. The van der Waals surface area contributed by atoms with Gasteiger partial charge in [-0.05, 0) is 73.8 Å². The number of nitriles is 1. The van der Waals surface area contributed by atoms with Gasteiger partial charge >= 0.3 is 5.97 Å². The largest absolute Gasteiger partial charge is 0.465 e. The maximum atomic E-state index is 13.7. The zero-order valence-corrected chi connectivity index (χ0v) is 26.5. The summed E-state index contributed by atoms with van der Waals surface area (Å²) in [7, 11) is 0. The van der Waals surface area contributed by atoms with Crippen molar-refractivity contribution in [2.45, 2.75) is 120 Å². The average molecular weight is 554 g/mol. The standard InChI is InChI=1S/C34H51NO5/c1-11-29(4,5)14-15-30(6,21-40-23(3)36)16-17-33(9)32(8)13-12-25-22(2)28(38)24(20-35)19-31(25,7)26(32)18-27(37)34(33,10)39/h18-19,22,25,39H,11-17,21H2,1-10H3/t22-,25-,30-,31-,32+,33-,34+/m0/s1. The quantitative estimate of drug-likeness (QED) is 0.311. The van der Waals surface area contributed by atoms with Crippen LogP contribution in [0.5, 0.6) is 0 Å². The number of allylic oxidation sites excluding steroid dienone is 3. The molecule has 0 aromatic rings. The van der Waals surface area contributed by atoms with Crippen molar-refractivity contribution >= 4 is 17.5 Å². The van der Waals surface area contributed by atoms with E-state index in [4.69, 9.17) is 4.74 Å². The third-order valence-corrected chi connectivity index (χ3v) is 12.0. The molecule has 0 bridgehead atoms. The molecule has 0 aliphatic heterocycles. The second kappa shape index (κ2) is 10.5. The maximum Gasteiger partial charge on any atom is 0.302 e. The van der Waals surface area contributed by atoms with Crippen LogP contribution in [0, 0.1) is 50.2 Å². The molecule has 0 saturated heterocycles. The third kappa shape index (κ3) is 5.13. The van der Waals surface area contributed by atoms with Crippen LogP contribution in [-0.4, -0.2) is 34.9 Å². The van der Waals surface area contributed by atoms with Crippen molar-refractivity contribution in [2.75, 3.05) is 6.61 Å². The molecule has 6 nitrogen and oxygen atoms in total. The monoisotopic (exact) mass is 553 g/mol. The Hall–Kier alpha value is -2.26. The van der Waals surface area contributed by atoms with Gasteiger partial charge in [0.1, 0.15) is 11.7 Å². The van der Waals surface area contributed by atoms with E-state index in [-0.39, 0.29) is 45.8 Å². The van der Waals surface area contributed by atoms with Crippen LogP contribution in [0.25, 0.3) is 0 Å². The van der Waals surface area contributed by atoms with E-state index in [1.807, 2.05) is 13.8 Å². The zero-order valence-electron chi connectivity index (χ0n) is 26.5. The fourth-order valence-electron chi connectivity index (χ4n) is 7.92. The van der Waals surface area contributed by atoms with Gasteiger partial charge in [-0.25, -0.2) is 0 Å². The molecule has 0 aromatic carbocycles. The van der Waals surface area contributed by atoms with Gasteiger partial charge in [0.2, 0.25) is 0 Å². The second-order valence-corrected chi connectivity index (χ2v) is 15.0. The maximum absolute atomic E-state index is 13.7. The van der Waals surface area contributed by atoms with Crippen LogP contribution in [0.1, 0.15) is 114 Å². The van der Waals surface area contributed by atoms with Crippen molar-refractivity contribution in [2.24, 2.45) is 38.9 Å². The molecule has 40 heavy (non-hydrogen) atoms. The second-order valence-electron chi connectivity index (χ2n) is 15.0. The molecular weight excluding hydrogens is 502 g/mol. The van der Waals surface area contributed by atoms with Crippen LogP contribution in [0.4, 0.5) is 0 Å². The fraction of sp³-hybridized carbons (Fsp3) is 0.765. The highest BCUT2D eigenvalue weighted by Crippen LogP contribution is 2.69. The number of fused-ring (bicyclic) bond motifs is 3. The van der Waals surface area contributed by atoms with Crippen molar-refractivity contribution in [1.82, 2.24) is 0 Å². The zero-order chi connectivity index (χ0) is 30.5. The van der Waals surface area contributed by atoms with Gasteiger partial charge in [-0.1, -0.05) is 67.9 Å². The molecule has 3 rings (SSSR count). The van der Waals surface area contributed by atoms with Crippen LogP contribution in [0.15, 0.2) is 23.3 Å². The Labute approximate surface area is 241 Å². The lowest BCUT2D eigenvalue weighted by Gasteiger charge is -2.64. The van der Waals surface area contributed by atoms with Crippen LogP contribution in [0.3, 0.4) is 0 Å². The number of Topliss-reactive ketones (excluding diaryl/α,β-unsaturated/α-hetero) is 1. The Bertz CT molecular complexity index is 1170. The van der Waals surface area contributed by atoms with E-state index < -0.39 is 21.8 Å². The van der Waals surface area contributed by atoms with Gasteiger partial charge in [0.15, 0.2) is 11.6 Å². The summed E-state index contributed by atoms with van der Waals surface area (Å²) in [6.07, 6.45) is 9.05. The molecule has 1 N–H and O–H groups in total. The first-order valence-corrected chi connectivity index (χ1v) is 15.0. The van der Waals surface area contributed by atoms with Gasteiger partial charge in [0, 0.05) is 29.1 Å². The van der Waals surface area contributed by atoms with Crippen LogP contribution < -0.4 is 0 Å². The number of carbonyl (C=O) groups is 3. The molecule has 3 aliphatic carbocycles. The van der Waals surface area contributed by atoms with Gasteiger partial charge in [0.05, 0.1) is 12.2 Å². The van der Waals surface area contributed by atoms with E-state index in [9.17, 15) is 24.8 Å². The number of ketones is 2. The SMILES string of the molecule is CCC(C)(C)CC[C@@](C)(CC[C@]1(C)[C@](C)(O)C(=O)C=C2[C@@]3(C)C=C(C#N)C(=O)[C@@H](C)[C@@H]3CC[C@]21C)COC(C)=O. The first kappa shape index (κ1) is 32.3. The molecule has 0 unspecified atom stereocenters. The minimum Gasteiger partial charge on any atom is -0.465 e. The molecular formula is C34H51NO5. The van der Waals surface area contributed by atoms with E-state index in [0.29, 0.717) is 19.4 Å². The van der Waals surface area contributed by atoms with Gasteiger partial charge in [-0.3, -0.25) is 14.4 Å². The number of nitrogens with zero attached hydrogens (tertiary/aromatic N) is 1. The van der Waals surface area contributed by atoms with Crippen LogP contribution in [0.2, 0.25) is 0 Å². The highest BCUT2D eigenvalue weighted by atomic mass is 16.5. The predicted octanol–water partition coefficient (Wildman–Crippen LogP) is 6.91. The average Bonchev–Trinajstić information content (AvgIpc) is 2.88. The van der Waals surface area contributed by atoms with E-state index in [1.165, 1.54) is 6.92 Å². The van der Waals surface area contributed by atoms with E-state index >= 15 is 0 Å². The lowest BCUT2D eigenvalue weighted by molar-refractivity contribution is -0.173. The minimum atomic E-state index is -1.60.